The van der Waals surface area contributed by atoms with E-state index in [0.29, 0.717) is 11.3 Å². The monoisotopic (exact) mass is 254 g/mol. The zero-order valence-electron chi connectivity index (χ0n) is 9.27. The lowest BCUT2D eigenvalue weighted by Crippen LogP contribution is -2.05. The van der Waals surface area contributed by atoms with Crippen LogP contribution in [0.3, 0.4) is 0 Å². The molecule has 0 saturated carbocycles. The molecule has 1 aromatic carbocycles. The minimum absolute atomic E-state index is 0.0655. The molecule has 0 aliphatic heterocycles. The standard InChI is InChI=1S/C12H12ClFN2O/c1-16-6-5-10(15-16)11(17)7-8-3-2-4-9(13)12(8)14/h2-6,11,17H,7H2,1H3. The largest absolute Gasteiger partial charge is 0.386 e. The molecule has 0 spiro atoms. The number of aryl methyl sites for hydroxylation is 1. The van der Waals surface area contributed by atoms with Gasteiger partial charge in [-0.3, -0.25) is 4.68 Å². The van der Waals surface area contributed by atoms with Crippen LogP contribution in [0.5, 0.6) is 0 Å². The van der Waals surface area contributed by atoms with E-state index in [4.69, 9.17) is 11.6 Å². The number of benzene rings is 1. The fourth-order valence-electron chi connectivity index (χ4n) is 1.63. The molecule has 90 valence electrons. The first-order chi connectivity index (χ1) is 8.08. The summed E-state index contributed by atoms with van der Waals surface area (Å²) in [7, 11) is 1.76. The number of rotatable bonds is 3. The number of hydrogen-bond acceptors (Lipinski definition) is 2. The molecule has 17 heavy (non-hydrogen) atoms. The van der Waals surface area contributed by atoms with E-state index in [1.54, 1.807) is 36.1 Å². The number of hydrogen-bond donors (Lipinski definition) is 1. The Morgan fingerprint density at radius 3 is 2.88 bits per heavy atom. The average molecular weight is 255 g/mol. The first-order valence-corrected chi connectivity index (χ1v) is 5.56. The highest BCUT2D eigenvalue weighted by Gasteiger charge is 2.15. The van der Waals surface area contributed by atoms with Crippen LogP contribution in [0, 0.1) is 5.82 Å². The predicted molar refractivity (Wildman–Crippen MR) is 63.3 cm³/mol. The molecule has 0 aliphatic rings. The number of aliphatic hydroxyl groups excluding tert-OH is 1. The van der Waals surface area contributed by atoms with Crippen molar-refractivity contribution in [2.45, 2.75) is 12.5 Å². The van der Waals surface area contributed by atoms with Gasteiger partial charge in [-0.15, -0.1) is 0 Å². The van der Waals surface area contributed by atoms with Crippen LogP contribution in [-0.4, -0.2) is 14.9 Å². The van der Waals surface area contributed by atoms with Gasteiger partial charge in [-0.1, -0.05) is 23.7 Å². The molecule has 1 heterocycles. The summed E-state index contributed by atoms with van der Waals surface area (Å²) in [6.07, 6.45) is 1.06. The van der Waals surface area contributed by atoms with Crippen molar-refractivity contribution in [3.05, 3.63) is 52.6 Å². The van der Waals surface area contributed by atoms with Gasteiger partial charge >= 0.3 is 0 Å². The summed E-state index contributed by atoms with van der Waals surface area (Å²) >= 11 is 5.67. The molecule has 1 unspecified atom stereocenters. The van der Waals surface area contributed by atoms with E-state index in [1.807, 2.05) is 0 Å². The quantitative estimate of drug-likeness (QED) is 0.914. The van der Waals surface area contributed by atoms with Gasteiger partial charge in [-0.2, -0.15) is 5.10 Å². The average Bonchev–Trinajstić information content (AvgIpc) is 2.72. The Labute approximate surface area is 103 Å². The lowest BCUT2D eigenvalue weighted by atomic mass is 10.1. The van der Waals surface area contributed by atoms with Gasteiger partial charge in [-0.05, 0) is 17.7 Å². The summed E-state index contributed by atoms with van der Waals surface area (Å²) in [5, 5.41) is 14.1. The summed E-state index contributed by atoms with van der Waals surface area (Å²) in [4.78, 5) is 0. The van der Waals surface area contributed by atoms with Gasteiger partial charge in [0.05, 0.1) is 10.7 Å². The minimum atomic E-state index is -0.829. The molecule has 0 aliphatic carbocycles. The molecule has 0 saturated heterocycles. The maximum atomic E-state index is 13.6. The van der Waals surface area contributed by atoms with Crippen molar-refractivity contribution in [2.75, 3.05) is 0 Å². The normalized spacial score (nSPS) is 12.7. The summed E-state index contributed by atoms with van der Waals surface area (Å²) in [6.45, 7) is 0. The lowest BCUT2D eigenvalue weighted by Gasteiger charge is -2.09. The van der Waals surface area contributed by atoms with Crippen molar-refractivity contribution >= 4 is 11.6 Å². The van der Waals surface area contributed by atoms with Gasteiger partial charge in [0.1, 0.15) is 11.9 Å². The van der Waals surface area contributed by atoms with Crippen LogP contribution >= 0.6 is 11.6 Å². The van der Waals surface area contributed by atoms with Crippen LogP contribution < -0.4 is 0 Å². The summed E-state index contributed by atoms with van der Waals surface area (Å²) < 4.78 is 15.2. The first kappa shape index (κ1) is 12.1. The molecule has 1 atom stereocenters. The molecule has 2 rings (SSSR count). The molecule has 0 radical (unpaired) electrons. The maximum absolute atomic E-state index is 13.6. The topological polar surface area (TPSA) is 38.0 Å². The van der Waals surface area contributed by atoms with Gasteiger partial charge in [0.25, 0.3) is 0 Å². The zero-order chi connectivity index (χ0) is 12.4. The molecule has 1 N–H and O–H groups in total. The van der Waals surface area contributed by atoms with Crippen LogP contribution in [0.15, 0.2) is 30.5 Å². The van der Waals surface area contributed by atoms with Gasteiger partial charge in [0, 0.05) is 19.7 Å². The summed E-state index contributed by atoms with van der Waals surface area (Å²) in [5.74, 6) is -0.482. The van der Waals surface area contributed by atoms with Crippen molar-refractivity contribution in [3.63, 3.8) is 0 Å². The molecule has 1 aromatic heterocycles. The van der Waals surface area contributed by atoms with Crippen LogP contribution in [-0.2, 0) is 13.5 Å². The molecular weight excluding hydrogens is 243 g/mol. The van der Waals surface area contributed by atoms with E-state index in [1.165, 1.54) is 6.07 Å². The van der Waals surface area contributed by atoms with Crippen molar-refractivity contribution in [1.82, 2.24) is 9.78 Å². The minimum Gasteiger partial charge on any atom is -0.386 e. The van der Waals surface area contributed by atoms with Crippen LogP contribution in [0.4, 0.5) is 4.39 Å². The van der Waals surface area contributed by atoms with Crippen molar-refractivity contribution < 1.29 is 9.50 Å². The van der Waals surface area contributed by atoms with Gasteiger partial charge in [-0.25, -0.2) is 4.39 Å². The third kappa shape index (κ3) is 2.65. The molecule has 0 fully saturated rings. The Morgan fingerprint density at radius 2 is 2.24 bits per heavy atom. The second-order valence-corrected chi connectivity index (χ2v) is 4.25. The van der Waals surface area contributed by atoms with E-state index in [-0.39, 0.29) is 11.4 Å². The molecular formula is C12H12ClFN2O. The summed E-state index contributed by atoms with van der Waals surface area (Å²) in [6, 6.07) is 6.44. The maximum Gasteiger partial charge on any atom is 0.145 e. The van der Waals surface area contributed by atoms with Gasteiger partial charge in [0.15, 0.2) is 0 Å². The Balaban J connectivity index is 2.18. The number of aromatic nitrogens is 2. The van der Waals surface area contributed by atoms with Crippen LogP contribution in [0.2, 0.25) is 5.02 Å². The van der Waals surface area contributed by atoms with E-state index in [9.17, 15) is 9.50 Å². The first-order valence-electron chi connectivity index (χ1n) is 5.18. The van der Waals surface area contributed by atoms with E-state index in [2.05, 4.69) is 5.10 Å². The zero-order valence-corrected chi connectivity index (χ0v) is 10.0. The second-order valence-electron chi connectivity index (χ2n) is 3.85. The Hall–Kier alpha value is -1.39. The van der Waals surface area contributed by atoms with Gasteiger partial charge in [0.2, 0.25) is 0 Å². The third-order valence-electron chi connectivity index (χ3n) is 2.52. The smallest absolute Gasteiger partial charge is 0.145 e. The molecule has 2 aromatic rings. The number of aliphatic hydroxyl groups is 1. The molecule has 0 bridgehead atoms. The van der Waals surface area contributed by atoms with E-state index < -0.39 is 11.9 Å². The predicted octanol–water partition coefficient (Wildman–Crippen LogP) is 2.49. The second kappa shape index (κ2) is 4.85. The Bertz CT molecular complexity index is 527. The summed E-state index contributed by atoms with van der Waals surface area (Å²) in [5.41, 5.74) is 0.905. The van der Waals surface area contributed by atoms with Crippen molar-refractivity contribution in [3.8, 4) is 0 Å². The number of halogens is 2. The SMILES string of the molecule is Cn1ccc(C(O)Cc2cccc(Cl)c2F)n1. The van der Waals surface area contributed by atoms with E-state index in [0.717, 1.165) is 0 Å². The fourth-order valence-corrected chi connectivity index (χ4v) is 1.82. The van der Waals surface area contributed by atoms with Crippen molar-refractivity contribution in [1.29, 1.82) is 0 Å². The van der Waals surface area contributed by atoms with Crippen LogP contribution in [0.25, 0.3) is 0 Å². The fraction of sp³-hybridized carbons (Fsp3) is 0.250. The highest BCUT2D eigenvalue weighted by molar-refractivity contribution is 6.30. The molecule has 5 heteroatoms. The molecule has 3 nitrogen and oxygen atoms in total. The van der Waals surface area contributed by atoms with Gasteiger partial charge < -0.3 is 5.11 Å². The highest BCUT2D eigenvalue weighted by atomic mass is 35.5. The third-order valence-corrected chi connectivity index (χ3v) is 2.81. The van der Waals surface area contributed by atoms with Crippen molar-refractivity contribution in [2.24, 2.45) is 7.05 Å². The lowest BCUT2D eigenvalue weighted by molar-refractivity contribution is 0.171. The van der Waals surface area contributed by atoms with E-state index >= 15 is 0 Å². The highest BCUT2D eigenvalue weighted by Crippen LogP contribution is 2.23. The number of nitrogens with zero attached hydrogens (tertiary/aromatic N) is 2. The Kier molecular flexibility index (Phi) is 3.45. The molecule has 0 amide bonds. The Morgan fingerprint density at radius 1 is 1.47 bits per heavy atom. The van der Waals surface area contributed by atoms with Crippen LogP contribution in [0.1, 0.15) is 17.4 Å².